The summed E-state index contributed by atoms with van der Waals surface area (Å²) >= 11 is 0.486. The lowest BCUT2D eigenvalue weighted by atomic mass is 10.1. The first-order valence-electron chi connectivity index (χ1n) is 5.15. The number of benzene rings is 1. The molecule has 1 aromatic heterocycles. The summed E-state index contributed by atoms with van der Waals surface area (Å²) in [5.41, 5.74) is -0.990. The smallest absolute Gasteiger partial charge is 0.420 e. The van der Waals surface area contributed by atoms with Gasteiger partial charge in [-0.15, -0.1) is 0 Å². The van der Waals surface area contributed by atoms with Crippen LogP contribution in [0.15, 0.2) is 30.3 Å². The first kappa shape index (κ1) is 13.5. The van der Waals surface area contributed by atoms with Crippen molar-refractivity contribution in [1.29, 1.82) is 0 Å². The third kappa shape index (κ3) is 2.60. The topological polar surface area (TPSA) is 39.2 Å². The van der Waals surface area contributed by atoms with Crippen LogP contribution in [0.3, 0.4) is 0 Å². The van der Waals surface area contributed by atoms with Crippen LogP contribution in [0, 0.1) is 0 Å². The third-order valence-corrected chi connectivity index (χ3v) is 3.22. The number of hydrogen-bond donors (Lipinski definition) is 0. The maximum Gasteiger partial charge on any atom is 0.420 e. The molecule has 0 saturated carbocycles. The molecule has 0 unspecified atom stereocenters. The quantitative estimate of drug-likeness (QED) is 0.792. The number of rotatable bonds is 2. The van der Waals surface area contributed by atoms with Gasteiger partial charge in [-0.25, -0.2) is 4.79 Å². The monoisotopic (exact) mass is 287 g/mol. The van der Waals surface area contributed by atoms with Crippen molar-refractivity contribution < 1.29 is 22.7 Å². The van der Waals surface area contributed by atoms with Crippen LogP contribution >= 0.6 is 11.5 Å². The molecule has 0 bridgehead atoms. The van der Waals surface area contributed by atoms with E-state index in [2.05, 4.69) is 9.11 Å². The van der Waals surface area contributed by atoms with E-state index in [1.165, 1.54) is 12.1 Å². The largest absolute Gasteiger partial charge is 0.465 e. The molecule has 0 amide bonds. The van der Waals surface area contributed by atoms with Gasteiger partial charge in [-0.05, 0) is 11.5 Å². The van der Waals surface area contributed by atoms with Crippen LogP contribution in [0.1, 0.15) is 15.2 Å². The summed E-state index contributed by atoms with van der Waals surface area (Å²) in [5.74, 6) is -1.04. The molecule has 7 heteroatoms. The minimum atomic E-state index is -4.66. The van der Waals surface area contributed by atoms with Gasteiger partial charge in [0.15, 0.2) is 0 Å². The molecule has 0 radical (unpaired) electrons. The molecule has 19 heavy (non-hydrogen) atoms. The van der Waals surface area contributed by atoms with Gasteiger partial charge >= 0.3 is 12.1 Å². The van der Waals surface area contributed by atoms with Crippen LogP contribution in [0.4, 0.5) is 13.2 Å². The van der Waals surface area contributed by atoms with Crippen LogP contribution in [-0.4, -0.2) is 17.5 Å². The van der Waals surface area contributed by atoms with E-state index in [9.17, 15) is 18.0 Å². The SMILES string of the molecule is COC(=O)c1snc(-c2ccccc2)c1C(F)(F)F. The second-order valence-electron chi connectivity index (χ2n) is 3.59. The van der Waals surface area contributed by atoms with Crippen molar-refractivity contribution >= 4 is 17.5 Å². The Morgan fingerprint density at radius 1 is 1.26 bits per heavy atom. The average molecular weight is 287 g/mol. The Kier molecular flexibility index (Phi) is 3.57. The molecular weight excluding hydrogens is 279 g/mol. The number of esters is 1. The van der Waals surface area contributed by atoms with E-state index < -0.39 is 22.6 Å². The Bertz CT molecular complexity index is 593. The molecule has 0 aliphatic rings. The van der Waals surface area contributed by atoms with Crippen molar-refractivity contribution in [3.8, 4) is 11.3 Å². The van der Waals surface area contributed by atoms with E-state index in [0.29, 0.717) is 17.1 Å². The van der Waals surface area contributed by atoms with Gasteiger partial charge in [-0.3, -0.25) is 0 Å². The lowest BCUT2D eigenvalue weighted by molar-refractivity contribution is -0.137. The van der Waals surface area contributed by atoms with Crippen molar-refractivity contribution in [2.24, 2.45) is 0 Å². The zero-order valence-corrected chi connectivity index (χ0v) is 10.5. The lowest BCUT2D eigenvalue weighted by Gasteiger charge is -2.09. The number of methoxy groups -OCH3 is 1. The number of ether oxygens (including phenoxy) is 1. The minimum Gasteiger partial charge on any atom is -0.465 e. The highest BCUT2D eigenvalue weighted by Crippen LogP contribution is 2.41. The fourth-order valence-electron chi connectivity index (χ4n) is 1.58. The van der Waals surface area contributed by atoms with Gasteiger partial charge in [0.2, 0.25) is 0 Å². The summed E-state index contributed by atoms with van der Waals surface area (Å²) in [6.45, 7) is 0. The molecule has 1 heterocycles. The highest BCUT2D eigenvalue weighted by molar-refractivity contribution is 7.08. The second kappa shape index (κ2) is 5.00. The molecule has 100 valence electrons. The summed E-state index contributed by atoms with van der Waals surface area (Å²) in [5, 5.41) is 0. The van der Waals surface area contributed by atoms with Crippen LogP contribution in [0.25, 0.3) is 11.3 Å². The number of halogens is 3. The van der Waals surface area contributed by atoms with E-state index in [0.717, 1.165) is 7.11 Å². The highest BCUT2D eigenvalue weighted by Gasteiger charge is 2.41. The van der Waals surface area contributed by atoms with Gasteiger partial charge in [0.05, 0.1) is 12.8 Å². The van der Waals surface area contributed by atoms with E-state index >= 15 is 0 Å². The lowest BCUT2D eigenvalue weighted by Crippen LogP contribution is -2.12. The molecule has 0 spiro atoms. The molecule has 0 saturated heterocycles. The molecule has 2 rings (SSSR count). The van der Waals surface area contributed by atoms with E-state index in [1.807, 2.05) is 0 Å². The number of carbonyl (C=O) groups is 1. The van der Waals surface area contributed by atoms with E-state index in [4.69, 9.17) is 0 Å². The van der Waals surface area contributed by atoms with Gasteiger partial charge in [-0.1, -0.05) is 30.3 Å². The normalized spacial score (nSPS) is 11.4. The summed E-state index contributed by atoms with van der Waals surface area (Å²) in [6, 6.07) is 7.90. The molecule has 0 N–H and O–H groups in total. The first-order valence-corrected chi connectivity index (χ1v) is 5.93. The maximum absolute atomic E-state index is 13.1. The van der Waals surface area contributed by atoms with Crippen molar-refractivity contribution in [3.63, 3.8) is 0 Å². The standard InChI is InChI=1S/C12H8F3NO2S/c1-18-11(17)10-8(12(13,14)15)9(16-19-10)7-5-3-2-4-6-7/h2-6H,1H3. The van der Waals surface area contributed by atoms with Gasteiger partial charge in [0.1, 0.15) is 10.4 Å². The molecule has 3 nitrogen and oxygen atoms in total. The molecule has 0 aliphatic carbocycles. The van der Waals surface area contributed by atoms with Crippen molar-refractivity contribution in [2.75, 3.05) is 7.11 Å². The van der Waals surface area contributed by atoms with Crippen LogP contribution < -0.4 is 0 Å². The first-order chi connectivity index (χ1) is 8.95. The third-order valence-electron chi connectivity index (χ3n) is 2.39. The summed E-state index contributed by atoms with van der Waals surface area (Å²) < 4.78 is 47.3. The number of alkyl halides is 3. The van der Waals surface area contributed by atoms with Crippen molar-refractivity contribution in [1.82, 2.24) is 4.37 Å². The fraction of sp³-hybridized carbons (Fsp3) is 0.167. The molecule has 0 aliphatic heterocycles. The molecule has 0 atom stereocenters. The van der Waals surface area contributed by atoms with Crippen molar-refractivity contribution in [2.45, 2.75) is 6.18 Å². The van der Waals surface area contributed by atoms with Crippen LogP contribution in [0.5, 0.6) is 0 Å². The predicted octanol–water partition coefficient (Wildman–Crippen LogP) is 3.62. The minimum absolute atomic E-state index is 0.251. The Balaban J connectivity index is 2.64. The van der Waals surface area contributed by atoms with E-state index in [-0.39, 0.29) is 5.69 Å². The zero-order chi connectivity index (χ0) is 14.0. The summed E-state index contributed by atoms with van der Waals surface area (Å²) in [6.07, 6.45) is -4.66. The van der Waals surface area contributed by atoms with Gasteiger partial charge in [0, 0.05) is 5.56 Å². The number of aromatic nitrogens is 1. The number of carbonyl (C=O) groups excluding carboxylic acids is 1. The Hall–Kier alpha value is -1.89. The summed E-state index contributed by atoms with van der Waals surface area (Å²) in [4.78, 5) is 10.8. The Morgan fingerprint density at radius 2 is 1.89 bits per heavy atom. The Morgan fingerprint density at radius 3 is 2.42 bits per heavy atom. The molecule has 1 aromatic carbocycles. The molecule has 0 fully saturated rings. The molecule has 2 aromatic rings. The van der Waals surface area contributed by atoms with Crippen LogP contribution in [-0.2, 0) is 10.9 Å². The molecular formula is C12H8F3NO2S. The van der Waals surface area contributed by atoms with Crippen molar-refractivity contribution in [3.05, 3.63) is 40.8 Å². The fourth-order valence-corrected chi connectivity index (χ4v) is 2.42. The number of nitrogens with zero attached hydrogens (tertiary/aromatic N) is 1. The zero-order valence-electron chi connectivity index (χ0n) is 9.69. The number of hydrogen-bond acceptors (Lipinski definition) is 4. The highest BCUT2D eigenvalue weighted by atomic mass is 32.1. The summed E-state index contributed by atoms with van der Waals surface area (Å²) in [7, 11) is 1.03. The van der Waals surface area contributed by atoms with E-state index in [1.54, 1.807) is 18.2 Å². The van der Waals surface area contributed by atoms with Crippen LogP contribution in [0.2, 0.25) is 0 Å². The van der Waals surface area contributed by atoms with Gasteiger partial charge < -0.3 is 4.74 Å². The maximum atomic E-state index is 13.1. The van der Waals surface area contributed by atoms with Gasteiger partial charge in [-0.2, -0.15) is 17.5 Å². The van der Waals surface area contributed by atoms with Gasteiger partial charge in [0.25, 0.3) is 0 Å². The predicted molar refractivity (Wildman–Crippen MR) is 63.9 cm³/mol. The second-order valence-corrected chi connectivity index (χ2v) is 4.36. The Labute approximate surface area is 110 Å². The average Bonchev–Trinajstić information content (AvgIpc) is 2.83.